The fraction of sp³-hybridized carbons (Fsp3) is 1.00. The van der Waals surface area contributed by atoms with Gasteiger partial charge in [0.25, 0.3) is 0 Å². The van der Waals surface area contributed by atoms with Crippen molar-refractivity contribution in [2.75, 3.05) is 39.9 Å². The van der Waals surface area contributed by atoms with Gasteiger partial charge in [-0.15, -0.1) is 0 Å². The van der Waals surface area contributed by atoms with Crippen LogP contribution in [0.4, 0.5) is 0 Å². The van der Waals surface area contributed by atoms with Crippen LogP contribution in [0.5, 0.6) is 0 Å². The Balaban J connectivity index is 2.51. The molecule has 0 aromatic rings. The molecule has 1 heterocycles. The molecule has 1 rings (SSSR count). The Bertz CT molecular complexity index is 229. The molecule has 1 aliphatic heterocycles. The van der Waals surface area contributed by atoms with Gasteiger partial charge in [0.2, 0.25) is 0 Å². The summed E-state index contributed by atoms with van der Waals surface area (Å²) in [5.41, 5.74) is 0.417. The van der Waals surface area contributed by atoms with Gasteiger partial charge in [0, 0.05) is 32.8 Å². The number of nitrogens with zero attached hydrogens (tertiary/aromatic N) is 1. The Morgan fingerprint density at radius 1 is 1.39 bits per heavy atom. The van der Waals surface area contributed by atoms with Gasteiger partial charge in [-0.3, -0.25) is 4.90 Å². The Hall–Kier alpha value is -0.120. The molecule has 0 spiro atoms. The predicted octanol–water partition coefficient (Wildman–Crippen LogP) is 2.37. The first-order chi connectivity index (χ1) is 8.45. The minimum Gasteiger partial charge on any atom is -0.383 e. The molecular formula is C15H32N2O. The lowest BCUT2D eigenvalue weighted by Crippen LogP contribution is -2.53. The van der Waals surface area contributed by atoms with E-state index in [4.69, 9.17) is 4.74 Å². The second-order valence-corrected chi connectivity index (χ2v) is 6.75. The largest absolute Gasteiger partial charge is 0.383 e. The van der Waals surface area contributed by atoms with E-state index in [1.54, 1.807) is 7.11 Å². The van der Waals surface area contributed by atoms with Crippen LogP contribution in [0.3, 0.4) is 0 Å². The summed E-state index contributed by atoms with van der Waals surface area (Å²) in [6.45, 7) is 14.7. The zero-order valence-corrected chi connectivity index (χ0v) is 13.0. The normalized spacial score (nSPS) is 23.8. The van der Waals surface area contributed by atoms with Gasteiger partial charge in [-0.2, -0.15) is 0 Å². The van der Waals surface area contributed by atoms with Crippen molar-refractivity contribution in [2.45, 2.75) is 46.6 Å². The first-order valence-corrected chi connectivity index (χ1v) is 7.40. The summed E-state index contributed by atoms with van der Waals surface area (Å²) in [6.07, 6.45) is 2.65. The second-order valence-electron chi connectivity index (χ2n) is 6.75. The molecule has 0 aliphatic carbocycles. The van der Waals surface area contributed by atoms with E-state index in [9.17, 15) is 0 Å². The molecule has 1 N–H and O–H groups in total. The second kappa shape index (κ2) is 7.46. The van der Waals surface area contributed by atoms with Gasteiger partial charge in [-0.05, 0) is 30.7 Å². The summed E-state index contributed by atoms with van der Waals surface area (Å²) in [5, 5.41) is 3.71. The van der Waals surface area contributed by atoms with Gasteiger partial charge in [0.1, 0.15) is 0 Å². The SMILES string of the molecule is COCCN(CC(C)C)CC1NCCCC1(C)C. The molecule has 3 heteroatoms. The van der Waals surface area contributed by atoms with Crippen LogP contribution in [0.2, 0.25) is 0 Å². The third kappa shape index (κ3) is 5.25. The number of hydrogen-bond donors (Lipinski definition) is 1. The molecule has 1 unspecified atom stereocenters. The van der Waals surface area contributed by atoms with Crippen LogP contribution in [-0.4, -0.2) is 50.8 Å². The van der Waals surface area contributed by atoms with Crippen LogP contribution < -0.4 is 5.32 Å². The lowest BCUT2D eigenvalue weighted by molar-refractivity contribution is 0.0938. The molecule has 0 bridgehead atoms. The van der Waals surface area contributed by atoms with Crippen LogP contribution >= 0.6 is 0 Å². The van der Waals surface area contributed by atoms with E-state index >= 15 is 0 Å². The molecule has 0 amide bonds. The average molecular weight is 256 g/mol. The molecular weight excluding hydrogens is 224 g/mol. The molecule has 3 nitrogen and oxygen atoms in total. The van der Waals surface area contributed by atoms with Crippen LogP contribution in [0, 0.1) is 11.3 Å². The van der Waals surface area contributed by atoms with Crippen molar-refractivity contribution in [3.8, 4) is 0 Å². The monoisotopic (exact) mass is 256 g/mol. The lowest BCUT2D eigenvalue weighted by atomic mass is 9.77. The van der Waals surface area contributed by atoms with Gasteiger partial charge in [0.15, 0.2) is 0 Å². The molecule has 0 aromatic carbocycles. The standard InChI is InChI=1S/C15H32N2O/c1-13(2)11-17(9-10-18-5)12-14-15(3,4)7-6-8-16-14/h13-14,16H,6-12H2,1-5H3. The van der Waals surface area contributed by atoms with Crippen molar-refractivity contribution in [2.24, 2.45) is 11.3 Å². The molecule has 1 saturated heterocycles. The molecule has 1 atom stereocenters. The molecule has 1 aliphatic rings. The van der Waals surface area contributed by atoms with Gasteiger partial charge in [-0.25, -0.2) is 0 Å². The zero-order chi connectivity index (χ0) is 13.6. The van der Waals surface area contributed by atoms with Gasteiger partial charge in [-0.1, -0.05) is 27.7 Å². The highest BCUT2D eigenvalue weighted by molar-refractivity contribution is 4.90. The molecule has 108 valence electrons. The topological polar surface area (TPSA) is 24.5 Å². The molecule has 0 aromatic heterocycles. The van der Waals surface area contributed by atoms with Crippen molar-refractivity contribution in [1.29, 1.82) is 0 Å². The molecule has 1 fully saturated rings. The number of piperidine rings is 1. The fourth-order valence-electron chi connectivity index (χ4n) is 2.83. The lowest BCUT2D eigenvalue weighted by Gasteiger charge is -2.42. The maximum absolute atomic E-state index is 5.23. The molecule has 18 heavy (non-hydrogen) atoms. The van der Waals surface area contributed by atoms with Crippen LogP contribution in [-0.2, 0) is 4.74 Å². The van der Waals surface area contributed by atoms with Crippen molar-refractivity contribution < 1.29 is 4.74 Å². The zero-order valence-electron chi connectivity index (χ0n) is 13.0. The van der Waals surface area contributed by atoms with E-state index in [0.29, 0.717) is 17.4 Å². The molecule has 0 saturated carbocycles. The first kappa shape index (κ1) is 15.9. The van der Waals surface area contributed by atoms with Gasteiger partial charge in [0.05, 0.1) is 6.61 Å². The van der Waals surface area contributed by atoms with E-state index < -0.39 is 0 Å². The average Bonchev–Trinajstić information content (AvgIpc) is 2.27. The van der Waals surface area contributed by atoms with Crippen molar-refractivity contribution in [3.05, 3.63) is 0 Å². The van der Waals surface area contributed by atoms with E-state index in [0.717, 1.165) is 26.2 Å². The third-order valence-electron chi connectivity index (χ3n) is 4.01. The van der Waals surface area contributed by atoms with Crippen molar-refractivity contribution >= 4 is 0 Å². The maximum Gasteiger partial charge on any atom is 0.0589 e. The Morgan fingerprint density at radius 3 is 2.67 bits per heavy atom. The highest BCUT2D eigenvalue weighted by atomic mass is 16.5. The smallest absolute Gasteiger partial charge is 0.0589 e. The summed E-state index contributed by atoms with van der Waals surface area (Å²) in [5.74, 6) is 0.716. The maximum atomic E-state index is 5.23. The number of methoxy groups -OCH3 is 1. The summed E-state index contributed by atoms with van der Waals surface area (Å²) in [4.78, 5) is 2.55. The quantitative estimate of drug-likeness (QED) is 0.757. The van der Waals surface area contributed by atoms with Crippen LogP contribution in [0.25, 0.3) is 0 Å². The van der Waals surface area contributed by atoms with Crippen LogP contribution in [0.1, 0.15) is 40.5 Å². The van der Waals surface area contributed by atoms with E-state index in [1.165, 1.54) is 19.4 Å². The first-order valence-electron chi connectivity index (χ1n) is 7.40. The summed E-state index contributed by atoms with van der Waals surface area (Å²) >= 11 is 0. The number of ether oxygens (including phenoxy) is 1. The number of hydrogen-bond acceptors (Lipinski definition) is 3. The number of rotatable bonds is 7. The Morgan fingerprint density at radius 2 is 2.11 bits per heavy atom. The predicted molar refractivity (Wildman–Crippen MR) is 78.0 cm³/mol. The van der Waals surface area contributed by atoms with E-state index in [1.807, 2.05) is 0 Å². The van der Waals surface area contributed by atoms with E-state index in [2.05, 4.69) is 37.9 Å². The minimum absolute atomic E-state index is 0.417. The summed E-state index contributed by atoms with van der Waals surface area (Å²) in [6, 6.07) is 0.613. The summed E-state index contributed by atoms with van der Waals surface area (Å²) < 4.78 is 5.23. The third-order valence-corrected chi connectivity index (χ3v) is 4.01. The van der Waals surface area contributed by atoms with Crippen molar-refractivity contribution in [3.63, 3.8) is 0 Å². The van der Waals surface area contributed by atoms with Crippen LogP contribution in [0.15, 0.2) is 0 Å². The molecule has 0 radical (unpaired) electrons. The highest BCUT2D eigenvalue weighted by Gasteiger charge is 2.32. The van der Waals surface area contributed by atoms with E-state index in [-0.39, 0.29) is 0 Å². The summed E-state index contributed by atoms with van der Waals surface area (Å²) in [7, 11) is 1.79. The van der Waals surface area contributed by atoms with Gasteiger partial charge < -0.3 is 10.1 Å². The van der Waals surface area contributed by atoms with Gasteiger partial charge >= 0.3 is 0 Å². The fourth-order valence-corrected chi connectivity index (χ4v) is 2.83. The minimum atomic E-state index is 0.417. The van der Waals surface area contributed by atoms with Crippen molar-refractivity contribution in [1.82, 2.24) is 10.2 Å². The Labute approximate surface area is 113 Å². The Kier molecular flexibility index (Phi) is 6.61. The highest BCUT2D eigenvalue weighted by Crippen LogP contribution is 2.30. The number of nitrogens with one attached hydrogen (secondary N) is 1.